The van der Waals surface area contributed by atoms with Crippen LogP contribution in [0.5, 0.6) is 0 Å². The molecule has 0 spiro atoms. The first kappa shape index (κ1) is 15.5. The van der Waals surface area contributed by atoms with Crippen molar-refractivity contribution >= 4 is 5.91 Å². The highest BCUT2D eigenvalue weighted by Gasteiger charge is 2.61. The fraction of sp³-hybridized carbons (Fsp3) is 0.900. The molecule has 23 heavy (non-hydrogen) atoms. The molecule has 0 aromatic rings. The summed E-state index contributed by atoms with van der Waals surface area (Å²) in [6, 6.07) is 3.07. The van der Waals surface area contributed by atoms with Crippen molar-refractivity contribution in [2.24, 2.45) is 34.5 Å². The normalized spacial score (nSPS) is 52.3. The number of fused-ring (bicyclic) bond motifs is 5. The average Bonchev–Trinajstić information content (AvgIpc) is 2.88. The Kier molecular flexibility index (Phi) is 3.35. The minimum atomic E-state index is 0.259. The molecule has 4 rings (SSSR count). The Balaban J connectivity index is 1.65. The zero-order chi connectivity index (χ0) is 16.4. The predicted octanol–water partition coefficient (Wildman–Crippen LogP) is 3.99. The summed E-state index contributed by atoms with van der Waals surface area (Å²) in [7, 11) is 2.03. The van der Waals surface area contributed by atoms with Crippen LogP contribution in [0.25, 0.3) is 0 Å². The molecule has 3 aliphatic carbocycles. The van der Waals surface area contributed by atoms with E-state index in [1.54, 1.807) is 0 Å². The molecule has 1 aliphatic heterocycles. The van der Waals surface area contributed by atoms with E-state index in [1.807, 2.05) is 7.05 Å². The molecular formula is C20H30N2O. The van der Waals surface area contributed by atoms with Crippen LogP contribution in [0.2, 0.25) is 0 Å². The van der Waals surface area contributed by atoms with Crippen molar-refractivity contribution in [2.75, 3.05) is 7.05 Å². The SMILES string of the molecule is CN1C(=O)CC[C@]2(C)[C@H]3CC[C@]4(C)[C@@H](C#N)CC[C@H]4[C@@H]3CC[C@@H]12. The fourth-order valence-electron chi connectivity index (χ4n) is 7.36. The van der Waals surface area contributed by atoms with Gasteiger partial charge in [-0.25, -0.2) is 0 Å². The van der Waals surface area contributed by atoms with Crippen molar-refractivity contribution in [3.8, 4) is 6.07 Å². The van der Waals surface area contributed by atoms with E-state index in [0.29, 0.717) is 17.4 Å². The number of nitrogens with zero attached hydrogens (tertiary/aromatic N) is 2. The maximum atomic E-state index is 12.2. The molecule has 4 aliphatic rings. The summed E-state index contributed by atoms with van der Waals surface area (Å²) >= 11 is 0. The Morgan fingerprint density at radius 2 is 1.78 bits per heavy atom. The summed E-state index contributed by atoms with van der Waals surface area (Å²) < 4.78 is 0. The molecule has 0 unspecified atom stereocenters. The zero-order valence-electron chi connectivity index (χ0n) is 14.8. The third kappa shape index (κ3) is 1.90. The van der Waals surface area contributed by atoms with Crippen LogP contribution in [-0.4, -0.2) is 23.9 Å². The van der Waals surface area contributed by atoms with Gasteiger partial charge in [-0.1, -0.05) is 13.8 Å². The molecule has 0 aromatic carbocycles. The second-order valence-corrected chi connectivity index (χ2v) is 9.28. The molecule has 1 heterocycles. The largest absolute Gasteiger partial charge is 0.342 e. The summed E-state index contributed by atoms with van der Waals surface area (Å²) in [6.45, 7) is 4.87. The van der Waals surface area contributed by atoms with Crippen LogP contribution in [0.3, 0.4) is 0 Å². The van der Waals surface area contributed by atoms with E-state index in [1.165, 1.54) is 32.1 Å². The van der Waals surface area contributed by atoms with Gasteiger partial charge in [0.15, 0.2) is 0 Å². The van der Waals surface area contributed by atoms with E-state index in [9.17, 15) is 10.1 Å². The number of piperidine rings is 1. The molecule has 3 heteroatoms. The maximum absolute atomic E-state index is 12.2. The van der Waals surface area contributed by atoms with Crippen molar-refractivity contribution in [3.63, 3.8) is 0 Å². The van der Waals surface area contributed by atoms with Crippen molar-refractivity contribution in [3.05, 3.63) is 0 Å². The molecule has 7 atom stereocenters. The molecule has 1 saturated heterocycles. The van der Waals surface area contributed by atoms with E-state index in [-0.39, 0.29) is 11.3 Å². The van der Waals surface area contributed by atoms with Gasteiger partial charge in [0.2, 0.25) is 5.91 Å². The Morgan fingerprint density at radius 1 is 1.04 bits per heavy atom. The van der Waals surface area contributed by atoms with Crippen LogP contribution >= 0.6 is 0 Å². The van der Waals surface area contributed by atoms with Crippen molar-refractivity contribution < 1.29 is 4.79 Å². The first-order valence-corrected chi connectivity index (χ1v) is 9.57. The molecule has 1 amide bonds. The van der Waals surface area contributed by atoms with E-state index in [2.05, 4.69) is 24.8 Å². The summed E-state index contributed by atoms with van der Waals surface area (Å²) in [4.78, 5) is 14.2. The highest BCUT2D eigenvalue weighted by atomic mass is 16.2. The van der Waals surface area contributed by atoms with Gasteiger partial charge >= 0.3 is 0 Å². The van der Waals surface area contributed by atoms with E-state index in [0.717, 1.165) is 37.0 Å². The molecule has 3 nitrogen and oxygen atoms in total. The van der Waals surface area contributed by atoms with Gasteiger partial charge in [0.25, 0.3) is 0 Å². The molecule has 0 bridgehead atoms. The molecule has 126 valence electrons. The number of hydrogen-bond acceptors (Lipinski definition) is 2. The van der Waals surface area contributed by atoms with Crippen LogP contribution in [0.4, 0.5) is 0 Å². The number of carbonyl (C=O) groups is 1. The number of likely N-dealkylation sites (tertiary alicyclic amines) is 1. The van der Waals surface area contributed by atoms with Crippen LogP contribution in [0.1, 0.15) is 65.2 Å². The Morgan fingerprint density at radius 3 is 2.52 bits per heavy atom. The molecule has 3 saturated carbocycles. The first-order valence-electron chi connectivity index (χ1n) is 9.57. The highest BCUT2D eigenvalue weighted by Crippen LogP contribution is 2.65. The second kappa shape index (κ2) is 4.98. The van der Waals surface area contributed by atoms with E-state index in [4.69, 9.17) is 0 Å². The van der Waals surface area contributed by atoms with Crippen LogP contribution < -0.4 is 0 Å². The minimum Gasteiger partial charge on any atom is -0.342 e. The van der Waals surface area contributed by atoms with Gasteiger partial charge in [0.05, 0.1) is 12.0 Å². The molecule has 0 radical (unpaired) electrons. The molecule has 0 N–H and O–H groups in total. The fourth-order valence-corrected chi connectivity index (χ4v) is 7.36. The molecule has 0 aromatic heterocycles. The van der Waals surface area contributed by atoms with Gasteiger partial charge in [0.1, 0.15) is 0 Å². The topological polar surface area (TPSA) is 44.1 Å². The van der Waals surface area contributed by atoms with Crippen LogP contribution in [0, 0.1) is 45.8 Å². The molecule has 4 fully saturated rings. The van der Waals surface area contributed by atoms with Gasteiger partial charge in [-0.15, -0.1) is 0 Å². The Bertz CT molecular complexity index is 566. The second-order valence-electron chi connectivity index (χ2n) is 9.28. The lowest BCUT2D eigenvalue weighted by Gasteiger charge is -2.61. The average molecular weight is 314 g/mol. The Labute approximate surface area is 140 Å². The predicted molar refractivity (Wildman–Crippen MR) is 89.3 cm³/mol. The number of rotatable bonds is 0. The van der Waals surface area contributed by atoms with Gasteiger partial charge in [-0.3, -0.25) is 4.79 Å². The van der Waals surface area contributed by atoms with Crippen LogP contribution in [0.15, 0.2) is 0 Å². The van der Waals surface area contributed by atoms with E-state index >= 15 is 0 Å². The van der Waals surface area contributed by atoms with Gasteiger partial charge in [0, 0.05) is 19.5 Å². The zero-order valence-corrected chi connectivity index (χ0v) is 14.8. The van der Waals surface area contributed by atoms with Gasteiger partial charge in [-0.2, -0.15) is 5.26 Å². The van der Waals surface area contributed by atoms with Crippen molar-refractivity contribution in [1.29, 1.82) is 5.26 Å². The molecular weight excluding hydrogens is 284 g/mol. The van der Waals surface area contributed by atoms with Crippen LogP contribution in [-0.2, 0) is 4.79 Å². The first-order chi connectivity index (χ1) is 10.9. The lowest BCUT2D eigenvalue weighted by Crippen LogP contribution is -2.61. The number of hydrogen-bond donors (Lipinski definition) is 0. The standard InChI is InChI=1S/C20H30N2O/c1-19-10-8-16-14(15(19)6-4-13(19)12-21)5-7-17-20(16,2)11-9-18(23)22(17)3/h13-17H,4-11H2,1-3H3/t13-,14+,15+,16+,17-,19-,20-/m1/s1. The third-order valence-electron chi connectivity index (χ3n) is 8.71. The highest BCUT2D eigenvalue weighted by molar-refractivity contribution is 5.77. The lowest BCUT2D eigenvalue weighted by molar-refractivity contribution is -0.157. The maximum Gasteiger partial charge on any atom is 0.222 e. The minimum absolute atomic E-state index is 0.259. The summed E-state index contributed by atoms with van der Waals surface area (Å²) in [5.74, 6) is 2.90. The van der Waals surface area contributed by atoms with Gasteiger partial charge < -0.3 is 4.90 Å². The Hall–Kier alpha value is -1.04. The summed E-state index contributed by atoms with van der Waals surface area (Å²) in [6.07, 6.45) is 9.10. The third-order valence-corrected chi connectivity index (χ3v) is 8.71. The lowest BCUT2D eigenvalue weighted by atomic mass is 9.47. The summed E-state index contributed by atoms with van der Waals surface area (Å²) in [5.41, 5.74) is 0.563. The monoisotopic (exact) mass is 314 g/mol. The van der Waals surface area contributed by atoms with Crippen molar-refractivity contribution in [1.82, 2.24) is 4.90 Å². The van der Waals surface area contributed by atoms with Gasteiger partial charge in [-0.05, 0) is 73.5 Å². The van der Waals surface area contributed by atoms with E-state index < -0.39 is 0 Å². The number of amides is 1. The smallest absolute Gasteiger partial charge is 0.222 e. The number of nitriles is 1. The number of carbonyl (C=O) groups excluding carboxylic acids is 1. The quantitative estimate of drug-likeness (QED) is 0.678. The van der Waals surface area contributed by atoms with Crippen molar-refractivity contribution in [2.45, 2.75) is 71.3 Å². The summed E-state index contributed by atoms with van der Waals surface area (Å²) in [5, 5.41) is 9.57.